The van der Waals surface area contributed by atoms with E-state index in [0.717, 1.165) is 37.1 Å². The molecule has 2 aliphatic heterocycles. The van der Waals surface area contributed by atoms with E-state index in [-0.39, 0.29) is 11.8 Å². The Morgan fingerprint density at radius 1 is 0.967 bits per heavy atom. The Labute approximate surface area is 175 Å². The van der Waals surface area contributed by atoms with Crippen LogP contribution in [0.15, 0.2) is 42.6 Å². The zero-order chi connectivity index (χ0) is 20.5. The summed E-state index contributed by atoms with van der Waals surface area (Å²) in [6.07, 6.45) is 6.24. The Hall–Kier alpha value is -3.22. The molecule has 0 spiro atoms. The first kappa shape index (κ1) is 18.8. The number of likely N-dealkylation sites (tertiary alicyclic amines) is 1. The number of carbonyl (C=O) groups is 2. The van der Waals surface area contributed by atoms with Gasteiger partial charge >= 0.3 is 0 Å². The minimum atomic E-state index is -0.0940. The molecule has 0 unspecified atom stereocenters. The molecule has 30 heavy (non-hydrogen) atoms. The Morgan fingerprint density at radius 3 is 2.57 bits per heavy atom. The monoisotopic (exact) mass is 403 g/mol. The molecule has 0 atom stereocenters. The molecule has 7 heteroatoms. The average Bonchev–Trinajstić information content (AvgIpc) is 2.94. The second kappa shape index (κ2) is 7.89. The number of amides is 2. The number of hydrogen-bond acceptors (Lipinski definition) is 4. The number of aromatic nitrogens is 3. The van der Waals surface area contributed by atoms with Gasteiger partial charge in [0.1, 0.15) is 0 Å². The van der Waals surface area contributed by atoms with E-state index in [0.29, 0.717) is 36.5 Å². The molecule has 0 aliphatic carbocycles. The maximum Gasteiger partial charge on any atom is 0.290 e. The first-order valence-corrected chi connectivity index (χ1v) is 10.7. The van der Waals surface area contributed by atoms with Crippen molar-refractivity contribution < 1.29 is 9.59 Å². The van der Waals surface area contributed by atoms with E-state index in [1.165, 1.54) is 12.8 Å². The zero-order valence-electron chi connectivity index (χ0n) is 17.0. The van der Waals surface area contributed by atoms with Gasteiger partial charge in [-0.2, -0.15) is 0 Å². The highest BCUT2D eigenvalue weighted by molar-refractivity contribution is 6.00. The fourth-order valence-corrected chi connectivity index (χ4v) is 4.41. The van der Waals surface area contributed by atoms with Crippen molar-refractivity contribution in [1.29, 1.82) is 0 Å². The predicted molar refractivity (Wildman–Crippen MR) is 113 cm³/mol. The molecular formula is C23H25N5O2. The van der Waals surface area contributed by atoms with E-state index in [1.54, 1.807) is 11.1 Å². The first-order chi connectivity index (χ1) is 14.7. The average molecular weight is 403 g/mol. The highest BCUT2D eigenvalue weighted by Gasteiger charge is 2.28. The van der Waals surface area contributed by atoms with Gasteiger partial charge < -0.3 is 14.4 Å². The van der Waals surface area contributed by atoms with E-state index in [1.807, 2.05) is 45.9 Å². The van der Waals surface area contributed by atoms with Crippen molar-refractivity contribution in [3.8, 4) is 0 Å². The van der Waals surface area contributed by atoms with Crippen molar-refractivity contribution in [1.82, 2.24) is 24.3 Å². The van der Waals surface area contributed by atoms with Crippen LogP contribution in [0.1, 0.15) is 52.4 Å². The van der Waals surface area contributed by atoms with Gasteiger partial charge in [-0.3, -0.25) is 14.6 Å². The number of pyridine rings is 1. The normalized spacial score (nSPS) is 17.1. The maximum absolute atomic E-state index is 13.0. The van der Waals surface area contributed by atoms with Gasteiger partial charge in [-0.1, -0.05) is 18.9 Å². The van der Waals surface area contributed by atoms with Crippen molar-refractivity contribution >= 4 is 22.8 Å². The summed E-state index contributed by atoms with van der Waals surface area (Å²) in [5, 5.41) is 0. The molecule has 0 radical (unpaired) electrons. The van der Waals surface area contributed by atoms with Gasteiger partial charge in [-0.25, -0.2) is 4.98 Å². The number of fused-ring (bicyclic) bond motifs is 3. The predicted octanol–water partition coefficient (Wildman–Crippen LogP) is 3.10. The smallest absolute Gasteiger partial charge is 0.290 e. The number of rotatable bonds is 3. The second-order valence-corrected chi connectivity index (χ2v) is 8.04. The molecule has 1 saturated heterocycles. The number of hydrogen-bond donors (Lipinski definition) is 0. The van der Waals surface area contributed by atoms with Crippen molar-refractivity contribution in [3.05, 3.63) is 59.7 Å². The molecule has 2 amide bonds. The summed E-state index contributed by atoms with van der Waals surface area (Å²) in [6.45, 7) is 3.41. The van der Waals surface area contributed by atoms with E-state index < -0.39 is 0 Å². The highest BCUT2D eigenvalue weighted by Crippen LogP contribution is 2.24. The van der Waals surface area contributed by atoms with Crippen molar-refractivity contribution in [2.75, 3.05) is 19.6 Å². The quantitative estimate of drug-likeness (QED) is 0.674. The second-order valence-electron chi connectivity index (χ2n) is 8.04. The Kier molecular flexibility index (Phi) is 4.94. The molecule has 1 fully saturated rings. The lowest BCUT2D eigenvalue weighted by atomic mass is 10.1. The zero-order valence-corrected chi connectivity index (χ0v) is 17.0. The third kappa shape index (κ3) is 3.44. The summed E-state index contributed by atoms with van der Waals surface area (Å²) in [7, 11) is 0. The summed E-state index contributed by atoms with van der Waals surface area (Å²) in [5.74, 6) is 0.405. The summed E-state index contributed by atoms with van der Waals surface area (Å²) in [6, 6.07) is 11.4. The Bertz CT molecular complexity index is 1080. The van der Waals surface area contributed by atoms with Crippen molar-refractivity contribution in [2.45, 2.75) is 38.8 Å². The summed E-state index contributed by atoms with van der Waals surface area (Å²) >= 11 is 0. The topological polar surface area (TPSA) is 71.3 Å². The van der Waals surface area contributed by atoms with Gasteiger partial charge in [0.05, 0.1) is 23.3 Å². The van der Waals surface area contributed by atoms with Gasteiger partial charge in [0.2, 0.25) is 0 Å². The van der Waals surface area contributed by atoms with Crippen molar-refractivity contribution in [2.24, 2.45) is 0 Å². The molecule has 1 aromatic carbocycles. The molecule has 0 bridgehead atoms. The van der Waals surface area contributed by atoms with E-state index in [2.05, 4.69) is 9.97 Å². The lowest BCUT2D eigenvalue weighted by Crippen LogP contribution is -2.40. The molecule has 154 valence electrons. The van der Waals surface area contributed by atoms with E-state index in [4.69, 9.17) is 0 Å². The molecule has 2 aromatic heterocycles. The first-order valence-electron chi connectivity index (χ1n) is 10.7. The Morgan fingerprint density at radius 2 is 1.80 bits per heavy atom. The number of nitrogens with zero attached hydrogens (tertiary/aromatic N) is 5. The summed E-state index contributed by atoms with van der Waals surface area (Å²) in [5.41, 5.74) is 3.13. The third-order valence-electron chi connectivity index (χ3n) is 6.04. The van der Waals surface area contributed by atoms with Gasteiger partial charge in [-0.05, 0) is 43.2 Å². The lowest BCUT2D eigenvalue weighted by Gasteiger charge is -2.27. The van der Waals surface area contributed by atoms with Crippen LogP contribution in [0, 0.1) is 0 Å². The summed E-state index contributed by atoms with van der Waals surface area (Å²) in [4.78, 5) is 38.7. The van der Waals surface area contributed by atoms with E-state index in [9.17, 15) is 9.59 Å². The van der Waals surface area contributed by atoms with Crippen LogP contribution in [0.2, 0.25) is 0 Å². The summed E-state index contributed by atoms with van der Waals surface area (Å²) < 4.78 is 1.97. The standard InChI is InChI=1S/C23H25N5O2/c29-22(26-11-5-1-2-6-12-26)17-8-9-20-19(15-17)25-21-23(30)27(13-14-28(20)21)16-18-7-3-4-10-24-18/h3-4,7-10,15H,1-2,5-6,11-14,16H2. The maximum atomic E-state index is 13.0. The van der Waals surface area contributed by atoms with Gasteiger partial charge in [0.15, 0.2) is 5.82 Å². The molecule has 2 aliphatic rings. The minimum absolute atomic E-state index is 0.0628. The molecule has 0 saturated carbocycles. The largest absolute Gasteiger partial charge is 0.339 e. The SMILES string of the molecule is O=C(c1ccc2c(c1)nc1n2CCN(Cc2ccccn2)C1=O)N1CCCCCC1. The van der Waals surface area contributed by atoms with Crippen LogP contribution in [0.3, 0.4) is 0 Å². The molecule has 7 nitrogen and oxygen atoms in total. The van der Waals surface area contributed by atoms with Crippen LogP contribution in [0.5, 0.6) is 0 Å². The highest BCUT2D eigenvalue weighted by atomic mass is 16.2. The fourth-order valence-electron chi connectivity index (χ4n) is 4.41. The Balaban J connectivity index is 1.41. The van der Waals surface area contributed by atoms with Crippen molar-refractivity contribution in [3.63, 3.8) is 0 Å². The van der Waals surface area contributed by atoms with Crippen LogP contribution in [-0.2, 0) is 13.1 Å². The molecule has 4 heterocycles. The fraction of sp³-hybridized carbons (Fsp3) is 0.391. The molecule has 5 rings (SSSR count). The number of benzene rings is 1. The van der Waals surface area contributed by atoms with Crippen LogP contribution in [-0.4, -0.2) is 55.8 Å². The van der Waals surface area contributed by atoms with Crippen LogP contribution in [0.4, 0.5) is 0 Å². The van der Waals surface area contributed by atoms with Crippen LogP contribution in [0.25, 0.3) is 11.0 Å². The third-order valence-corrected chi connectivity index (χ3v) is 6.04. The molecule has 3 aromatic rings. The van der Waals surface area contributed by atoms with Crippen LogP contribution >= 0.6 is 0 Å². The molecular weight excluding hydrogens is 378 g/mol. The van der Waals surface area contributed by atoms with Gasteiger partial charge in [0, 0.05) is 37.9 Å². The lowest BCUT2D eigenvalue weighted by molar-refractivity contribution is 0.0682. The van der Waals surface area contributed by atoms with E-state index >= 15 is 0 Å². The number of imidazole rings is 1. The minimum Gasteiger partial charge on any atom is -0.339 e. The van der Waals surface area contributed by atoms with Crippen LogP contribution < -0.4 is 0 Å². The molecule has 0 N–H and O–H groups in total. The van der Waals surface area contributed by atoms with Gasteiger partial charge in [-0.15, -0.1) is 0 Å². The van der Waals surface area contributed by atoms with Gasteiger partial charge in [0.25, 0.3) is 11.8 Å². The number of carbonyl (C=O) groups excluding carboxylic acids is 2.